The van der Waals surface area contributed by atoms with E-state index in [1.165, 1.54) is 0 Å². The van der Waals surface area contributed by atoms with E-state index in [0.717, 1.165) is 29.0 Å². The molecule has 7 heteroatoms. The zero-order valence-electron chi connectivity index (χ0n) is 19.1. The fourth-order valence-electron chi connectivity index (χ4n) is 3.54. The lowest BCUT2D eigenvalue weighted by molar-refractivity contribution is -0.140. The lowest BCUT2D eigenvalue weighted by atomic mass is 10.1. The van der Waals surface area contributed by atoms with E-state index in [1.807, 2.05) is 49.4 Å². The lowest BCUT2D eigenvalue weighted by Gasteiger charge is -2.29. The molecule has 0 bridgehead atoms. The van der Waals surface area contributed by atoms with Gasteiger partial charge in [-0.25, -0.2) is 0 Å². The van der Waals surface area contributed by atoms with Crippen LogP contribution in [-0.4, -0.2) is 49.6 Å². The summed E-state index contributed by atoms with van der Waals surface area (Å²) in [6.45, 7) is 5.78. The number of ether oxygens (including phenoxy) is 3. The Hall–Kier alpha value is -3.22. The third-order valence-electron chi connectivity index (χ3n) is 5.46. The van der Waals surface area contributed by atoms with Gasteiger partial charge in [-0.05, 0) is 55.2 Å². The fourth-order valence-corrected chi connectivity index (χ4v) is 3.54. The third kappa shape index (κ3) is 6.15. The molecule has 2 aromatic rings. The van der Waals surface area contributed by atoms with Crippen molar-refractivity contribution in [3.05, 3.63) is 53.6 Å². The van der Waals surface area contributed by atoms with Crippen molar-refractivity contribution in [2.24, 2.45) is 0 Å². The molecule has 0 unspecified atom stereocenters. The van der Waals surface area contributed by atoms with Gasteiger partial charge in [0.2, 0.25) is 11.8 Å². The molecule has 2 amide bonds. The number of methoxy groups -OCH3 is 1. The number of nitrogens with zero attached hydrogens (tertiary/aromatic N) is 1. The molecule has 3 rings (SSSR count). The average Bonchev–Trinajstić information content (AvgIpc) is 2.84. The van der Waals surface area contributed by atoms with Gasteiger partial charge in [-0.3, -0.25) is 9.59 Å². The summed E-state index contributed by atoms with van der Waals surface area (Å²) in [6.07, 6.45) is 1.69. The predicted molar refractivity (Wildman–Crippen MR) is 122 cm³/mol. The van der Waals surface area contributed by atoms with Crippen LogP contribution in [0.5, 0.6) is 17.2 Å². The molecule has 0 saturated carbocycles. The average molecular weight is 441 g/mol. The van der Waals surface area contributed by atoms with E-state index in [0.29, 0.717) is 44.9 Å². The van der Waals surface area contributed by atoms with Gasteiger partial charge < -0.3 is 24.4 Å². The van der Waals surface area contributed by atoms with E-state index in [2.05, 4.69) is 5.32 Å². The van der Waals surface area contributed by atoms with Crippen LogP contribution in [0.2, 0.25) is 0 Å². The van der Waals surface area contributed by atoms with Crippen LogP contribution in [0, 0.1) is 0 Å². The van der Waals surface area contributed by atoms with Crippen LogP contribution in [0.25, 0.3) is 0 Å². The number of fused-ring (bicyclic) bond motifs is 1. The highest BCUT2D eigenvalue weighted by molar-refractivity contribution is 5.87. The molecule has 2 aromatic carbocycles. The van der Waals surface area contributed by atoms with Crippen LogP contribution >= 0.6 is 0 Å². The summed E-state index contributed by atoms with van der Waals surface area (Å²) < 4.78 is 16.4. The van der Waals surface area contributed by atoms with Crippen LogP contribution in [-0.2, 0) is 22.6 Å². The molecule has 0 aliphatic carbocycles. The van der Waals surface area contributed by atoms with Crippen LogP contribution in [0.4, 0.5) is 0 Å². The summed E-state index contributed by atoms with van der Waals surface area (Å²) >= 11 is 0. The molecule has 0 spiro atoms. The highest BCUT2D eigenvalue weighted by Crippen LogP contribution is 2.31. The topological polar surface area (TPSA) is 77.1 Å². The normalized spacial score (nSPS) is 13.2. The monoisotopic (exact) mass is 440 g/mol. The fraction of sp³-hybridized carbons (Fsp3) is 0.440. The van der Waals surface area contributed by atoms with Gasteiger partial charge in [-0.1, -0.05) is 25.1 Å². The van der Waals surface area contributed by atoms with Crippen molar-refractivity contribution in [2.75, 3.05) is 26.9 Å². The second-order valence-corrected chi connectivity index (χ2v) is 7.81. The van der Waals surface area contributed by atoms with Crippen molar-refractivity contribution in [1.29, 1.82) is 0 Å². The summed E-state index contributed by atoms with van der Waals surface area (Å²) in [6, 6.07) is 12.7. The number of nitrogens with one attached hydrogen (secondary N) is 1. The van der Waals surface area contributed by atoms with E-state index in [-0.39, 0.29) is 11.8 Å². The number of rotatable bonds is 10. The molecule has 32 heavy (non-hydrogen) atoms. The molecule has 1 atom stereocenters. The second-order valence-electron chi connectivity index (χ2n) is 7.81. The number of hydrogen-bond donors (Lipinski definition) is 1. The minimum Gasteiger partial charge on any atom is -0.497 e. The number of aryl methyl sites for hydroxylation is 1. The minimum absolute atomic E-state index is 0.0742. The van der Waals surface area contributed by atoms with Gasteiger partial charge >= 0.3 is 0 Å². The Morgan fingerprint density at radius 1 is 1.06 bits per heavy atom. The molecule has 1 heterocycles. The Bertz CT molecular complexity index is 913. The highest BCUT2D eigenvalue weighted by atomic mass is 16.6. The van der Waals surface area contributed by atoms with E-state index in [1.54, 1.807) is 18.9 Å². The number of hydrogen-bond acceptors (Lipinski definition) is 5. The summed E-state index contributed by atoms with van der Waals surface area (Å²) in [5.74, 6) is 1.97. The first kappa shape index (κ1) is 23.4. The molecule has 7 nitrogen and oxygen atoms in total. The molecule has 0 fully saturated rings. The van der Waals surface area contributed by atoms with Crippen molar-refractivity contribution in [3.63, 3.8) is 0 Å². The first-order chi connectivity index (χ1) is 15.5. The number of amides is 2. The minimum atomic E-state index is -0.573. The van der Waals surface area contributed by atoms with Crippen LogP contribution in [0.1, 0.15) is 37.8 Å². The van der Waals surface area contributed by atoms with Crippen LogP contribution < -0.4 is 19.5 Å². The van der Waals surface area contributed by atoms with Crippen molar-refractivity contribution in [2.45, 2.75) is 45.7 Å². The maximum atomic E-state index is 13.2. The van der Waals surface area contributed by atoms with E-state index >= 15 is 0 Å². The summed E-state index contributed by atoms with van der Waals surface area (Å²) in [4.78, 5) is 27.5. The summed E-state index contributed by atoms with van der Waals surface area (Å²) in [5.41, 5.74) is 1.93. The first-order valence-corrected chi connectivity index (χ1v) is 11.1. The van der Waals surface area contributed by atoms with Gasteiger partial charge in [0.15, 0.2) is 11.5 Å². The highest BCUT2D eigenvalue weighted by Gasteiger charge is 2.26. The van der Waals surface area contributed by atoms with Gasteiger partial charge in [-0.2, -0.15) is 0 Å². The van der Waals surface area contributed by atoms with Gasteiger partial charge in [0.05, 0.1) is 7.11 Å². The van der Waals surface area contributed by atoms with Gasteiger partial charge in [0, 0.05) is 19.5 Å². The summed E-state index contributed by atoms with van der Waals surface area (Å²) in [7, 11) is 1.61. The van der Waals surface area contributed by atoms with Gasteiger partial charge in [0.25, 0.3) is 0 Å². The lowest BCUT2D eigenvalue weighted by Crippen LogP contribution is -2.47. The molecule has 1 N–H and O–H groups in total. The molecule has 0 saturated heterocycles. The number of carbonyl (C=O) groups is 2. The van der Waals surface area contributed by atoms with E-state index in [9.17, 15) is 9.59 Å². The Morgan fingerprint density at radius 3 is 2.44 bits per heavy atom. The molecule has 0 radical (unpaired) electrons. The molecule has 172 valence electrons. The van der Waals surface area contributed by atoms with E-state index < -0.39 is 6.04 Å². The quantitative estimate of drug-likeness (QED) is 0.613. The van der Waals surface area contributed by atoms with Crippen LogP contribution in [0.15, 0.2) is 42.5 Å². The first-order valence-electron chi connectivity index (χ1n) is 11.1. The Balaban J connectivity index is 1.70. The second kappa shape index (κ2) is 11.4. The standard InChI is InChI=1S/C25H32N2O5/c1-4-13-26-25(29)18(2)27(17-20-5-9-21(30-3)10-6-20)24(28)12-8-19-7-11-22-23(16-19)32-15-14-31-22/h5-7,9-11,16,18H,4,8,12-15,17H2,1-3H3,(H,26,29)/t18-/m1/s1. The molecular formula is C25H32N2O5. The van der Waals surface area contributed by atoms with Crippen molar-refractivity contribution < 1.29 is 23.8 Å². The van der Waals surface area contributed by atoms with Gasteiger partial charge in [-0.15, -0.1) is 0 Å². The maximum Gasteiger partial charge on any atom is 0.242 e. The number of carbonyl (C=O) groups excluding carboxylic acids is 2. The number of benzene rings is 2. The van der Waals surface area contributed by atoms with Crippen molar-refractivity contribution in [1.82, 2.24) is 10.2 Å². The summed E-state index contributed by atoms with van der Waals surface area (Å²) in [5, 5.41) is 2.90. The smallest absolute Gasteiger partial charge is 0.242 e. The van der Waals surface area contributed by atoms with Crippen LogP contribution in [0.3, 0.4) is 0 Å². The van der Waals surface area contributed by atoms with Crippen molar-refractivity contribution in [3.8, 4) is 17.2 Å². The molecule has 0 aromatic heterocycles. The maximum absolute atomic E-state index is 13.2. The zero-order valence-corrected chi connectivity index (χ0v) is 19.1. The van der Waals surface area contributed by atoms with Gasteiger partial charge in [0.1, 0.15) is 25.0 Å². The molecule has 1 aliphatic heterocycles. The zero-order chi connectivity index (χ0) is 22.9. The predicted octanol–water partition coefficient (Wildman–Crippen LogP) is 3.34. The Morgan fingerprint density at radius 2 is 1.75 bits per heavy atom. The largest absolute Gasteiger partial charge is 0.497 e. The third-order valence-corrected chi connectivity index (χ3v) is 5.46. The van der Waals surface area contributed by atoms with Crippen molar-refractivity contribution >= 4 is 11.8 Å². The molecule has 1 aliphatic rings. The Kier molecular flexibility index (Phi) is 8.36. The SMILES string of the molecule is CCCNC(=O)[C@@H](C)N(Cc1ccc(OC)cc1)C(=O)CCc1ccc2c(c1)OCCO2. The molecular weight excluding hydrogens is 408 g/mol. The van der Waals surface area contributed by atoms with E-state index in [4.69, 9.17) is 14.2 Å². The Labute approximate surface area is 189 Å².